The molecule has 0 saturated carbocycles. The number of hydrogen-bond donors (Lipinski definition) is 1. The summed E-state index contributed by atoms with van der Waals surface area (Å²) in [4.78, 5) is 4.49. The molecule has 0 bridgehead atoms. The first kappa shape index (κ1) is 22.2. The normalized spacial score (nSPS) is 14.6. The summed E-state index contributed by atoms with van der Waals surface area (Å²) in [5, 5.41) is 4.80. The molecule has 2 aromatic rings. The van der Waals surface area contributed by atoms with Crippen molar-refractivity contribution in [2.75, 3.05) is 44.7 Å². The van der Waals surface area contributed by atoms with Crippen LogP contribution in [0.3, 0.4) is 0 Å². The fourth-order valence-electron chi connectivity index (χ4n) is 3.15. The third kappa shape index (κ3) is 7.08. The molecule has 0 unspecified atom stereocenters. The summed E-state index contributed by atoms with van der Waals surface area (Å²) >= 11 is 17.8. The summed E-state index contributed by atoms with van der Waals surface area (Å²) < 4.78 is 18.7. The maximum Gasteiger partial charge on any atom is 0.173 e. The standard InChI is InChI=1S/C21H24Cl2FN3OS/c22-19-7-6-18(14-20(19)23)25-21(29)27(15-16-2-4-17(24)5-3-16)9-1-8-26-10-12-28-13-11-26/h2-7,14H,1,8-13,15H2,(H,25,29). The molecule has 29 heavy (non-hydrogen) atoms. The van der Waals surface area contributed by atoms with Crippen LogP contribution in [-0.2, 0) is 11.3 Å². The van der Waals surface area contributed by atoms with Crippen LogP contribution in [0.1, 0.15) is 12.0 Å². The minimum absolute atomic E-state index is 0.246. The number of hydrogen-bond acceptors (Lipinski definition) is 3. The zero-order valence-corrected chi connectivity index (χ0v) is 18.4. The third-order valence-electron chi connectivity index (χ3n) is 4.75. The van der Waals surface area contributed by atoms with Crippen molar-refractivity contribution < 1.29 is 9.13 Å². The monoisotopic (exact) mass is 455 g/mol. The van der Waals surface area contributed by atoms with Crippen LogP contribution < -0.4 is 5.32 Å². The quantitative estimate of drug-likeness (QED) is 0.589. The Kier molecular flexibility index (Phi) is 8.51. The first-order valence-electron chi connectivity index (χ1n) is 9.57. The van der Waals surface area contributed by atoms with E-state index in [2.05, 4.69) is 15.1 Å². The molecule has 8 heteroatoms. The lowest BCUT2D eigenvalue weighted by atomic mass is 10.2. The Balaban J connectivity index is 1.63. The number of nitrogens with one attached hydrogen (secondary N) is 1. The number of rotatable bonds is 7. The fourth-order valence-corrected chi connectivity index (χ4v) is 3.72. The predicted octanol–water partition coefficient (Wildman–Crippen LogP) is 5.05. The molecule has 4 nitrogen and oxygen atoms in total. The maximum atomic E-state index is 13.3. The summed E-state index contributed by atoms with van der Waals surface area (Å²) in [6, 6.07) is 11.8. The maximum absolute atomic E-state index is 13.3. The smallest absolute Gasteiger partial charge is 0.173 e. The summed E-state index contributed by atoms with van der Waals surface area (Å²) in [5.74, 6) is -0.246. The van der Waals surface area contributed by atoms with Crippen LogP contribution in [0.2, 0.25) is 10.0 Å². The van der Waals surface area contributed by atoms with Gasteiger partial charge in [0.25, 0.3) is 0 Å². The number of anilines is 1. The Morgan fingerprint density at radius 2 is 1.83 bits per heavy atom. The summed E-state index contributed by atoms with van der Waals surface area (Å²) in [6.07, 6.45) is 0.963. The molecule has 3 rings (SSSR count). The van der Waals surface area contributed by atoms with Crippen LogP contribution in [0.25, 0.3) is 0 Å². The lowest BCUT2D eigenvalue weighted by Gasteiger charge is -2.29. The number of ether oxygens (including phenoxy) is 1. The Hall–Kier alpha value is -1.44. The SMILES string of the molecule is Fc1ccc(CN(CCCN2CCOCC2)C(=S)Nc2ccc(Cl)c(Cl)c2)cc1. The van der Waals surface area contributed by atoms with Crippen LogP contribution in [0.5, 0.6) is 0 Å². The van der Waals surface area contributed by atoms with Crippen LogP contribution in [0.4, 0.5) is 10.1 Å². The second-order valence-electron chi connectivity index (χ2n) is 6.91. The zero-order valence-electron chi connectivity index (χ0n) is 16.0. The molecule has 1 aliphatic rings. The van der Waals surface area contributed by atoms with Crippen molar-refractivity contribution in [2.24, 2.45) is 0 Å². The highest BCUT2D eigenvalue weighted by atomic mass is 35.5. The van der Waals surface area contributed by atoms with Crippen molar-refractivity contribution in [1.29, 1.82) is 0 Å². The Morgan fingerprint density at radius 3 is 2.52 bits per heavy atom. The van der Waals surface area contributed by atoms with Gasteiger partial charge in [-0.05, 0) is 54.5 Å². The fraction of sp³-hybridized carbons (Fsp3) is 0.381. The van der Waals surface area contributed by atoms with Gasteiger partial charge in [-0.3, -0.25) is 4.90 Å². The molecule has 0 amide bonds. The molecule has 1 saturated heterocycles. The molecule has 0 aromatic heterocycles. The Labute approximate surface area is 186 Å². The van der Waals surface area contributed by atoms with Gasteiger partial charge in [-0.2, -0.15) is 0 Å². The van der Waals surface area contributed by atoms with Gasteiger partial charge in [-0.1, -0.05) is 35.3 Å². The number of halogens is 3. The highest BCUT2D eigenvalue weighted by molar-refractivity contribution is 7.80. The molecule has 0 radical (unpaired) electrons. The van der Waals surface area contributed by atoms with Gasteiger partial charge in [-0.25, -0.2) is 4.39 Å². The van der Waals surface area contributed by atoms with Crippen molar-refractivity contribution >= 4 is 46.2 Å². The minimum Gasteiger partial charge on any atom is -0.379 e. The lowest BCUT2D eigenvalue weighted by molar-refractivity contribution is 0.0368. The van der Waals surface area contributed by atoms with Gasteiger partial charge in [0.15, 0.2) is 5.11 Å². The largest absolute Gasteiger partial charge is 0.379 e. The van der Waals surface area contributed by atoms with E-state index < -0.39 is 0 Å². The van der Waals surface area contributed by atoms with Crippen molar-refractivity contribution in [3.63, 3.8) is 0 Å². The van der Waals surface area contributed by atoms with E-state index in [1.165, 1.54) is 12.1 Å². The van der Waals surface area contributed by atoms with Gasteiger partial charge in [0, 0.05) is 38.4 Å². The Morgan fingerprint density at radius 1 is 1.10 bits per heavy atom. The van der Waals surface area contributed by atoms with Crippen LogP contribution >= 0.6 is 35.4 Å². The van der Waals surface area contributed by atoms with E-state index in [9.17, 15) is 4.39 Å². The molecule has 0 atom stereocenters. The first-order chi connectivity index (χ1) is 14.0. The molecule has 0 aliphatic carbocycles. The van der Waals surface area contributed by atoms with E-state index in [1.54, 1.807) is 24.3 Å². The molecule has 1 heterocycles. The van der Waals surface area contributed by atoms with E-state index in [0.717, 1.165) is 57.1 Å². The molecular weight excluding hydrogens is 432 g/mol. The number of thiocarbonyl (C=S) groups is 1. The molecule has 1 aliphatic heterocycles. The van der Waals surface area contributed by atoms with Gasteiger partial charge in [0.2, 0.25) is 0 Å². The van der Waals surface area contributed by atoms with Gasteiger partial charge in [0.05, 0.1) is 23.3 Å². The first-order valence-corrected chi connectivity index (χ1v) is 10.7. The van der Waals surface area contributed by atoms with Gasteiger partial charge >= 0.3 is 0 Å². The van der Waals surface area contributed by atoms with Gasteiger partial charge in [0.1, 0.15) is 5.82 Å². The van der Waals surface area contributed by atoms with Crippen LogP contribution in [0.15, 0.2) is 42.5 Å². The topological polar surface area (TPSA) is 27.7 Å². The second-order valence-corrected chi connectivity index (χ2v) is 8.12. The van der Waals surface area contributed by atoms with Gasteiger partial charge < -0.3 is 15.0 Å². The summed E-state index contributed by atoms with van der Waals surface area (Å²) in [7, 11) is 0. The summed E-state index contributed by atoms with van der Waals surface area (Å²) in [6.45, 7) is 5.86. The summed E-state index contributed by atoms with van der Waals surface area (Å²) in [5.41, 5.74) is 1.78. The number of nitrogens with zero attached hydrogens (tertiary/aromatic N) is 2. The Bertz CT molecular complexity index is 816. The average Bonchev–Trinajstić information content (AvgIpc) is 2.72. The average molecular weight is 456 g/mol. The van der Waals surface area contributed by atoms with E-state index in [-0.39, 0.29) is 5.82 Å². The second kappa shape index (κ2) is 11.1. The van der Waals surface area contributed by atoms with Crippen molar-refractivity contribution in [3.8, 4) is 0 Å². The molecule has 156 valence electrons. The lowest BCUT2D eigenvalue weighted by Crippen LogP contribution is -2.40. The van der Waals surface area contributed by atoms with Crippen molar-refractivity contribution in [2.45, 2.75) is 13.0 Å². The minimum atomic E-state index is -0.246. The molecule has 0 spiro atoms. The molecule has 1 fully saturated rings. The van der Waals surface area contributed by atoms with E-state index in [1.807, 2.05) is 6.07 Å². The van der Waals surface area contributed by atoms with Crippen LogP contribution in [-0.4, -0.2) is 54.3 Å². The zero-order chi connectivity index (χ0) is 20.6. The van der Waals surface area contributed by atoms with Crippen LogP contribution in [0, 0.1) is 5.82 Å². The molecule has 2 aromatic carbocycles. The highest BCUT2D eigenvalue weighted by Gasteiger charge is 2.14. The van der Waals surface area contributed by atoms with E-state index in [0.29, 0.717) is 21.7 Å². The third-order valence-corrected chi connectivity index (χ3v) is 5.85. The van der Waals surface area contributed by atoms with E-state index in [4.69, 9.17) is 40.2 Å². The number of morpholine rings is 1. The molecule has 1 N–H and O–H groups in total. The van der Waals surface area contributed by atoms with Gasteiger partial charge in [-0.15, -0.1) is 0 Å². The number of benzene rings is 2. The molecular formula is C21H24Cl2FN3OS. The van der Waals surface area contributed by atoms with E-state index >= 15 is 0 Å². The van der Waals surface area contributed by atoms with Crippen molar-refractivity contribution in [3.05, 3.63) is 63.9 Å². The highest BCUT2D eigenvalue weighted by Crippen LogP contribution is 2.25. The predicted molar refractivity (Wildman–Crippen MR) is 121 cm³/mol. The van der Waals surface area contributed by atoms with Crippen molar-refractivity contribution in [1.82, 2.24) is 9.80 Å².